The van der Waals surface area contributed by atoms with Crippen molar-refractivity contribution in [3.05, 3.63) is 59.5 Å². The number of Topliss-reactive ketones (excluding diaryl/α,β-unsaturated/α-hetero) is 1. The maximum atomic E-state index is 12.5. The third-order valence-electron chi connectivity index (χ3n) is 4.22. The molecule has 2 heterocycles. The maximum absolute atomic E-state index is 12.5. The molecule has 1 aromatic carbocycles. The zero-order chi connectivity index (χ0) is 15.5. The average molecular weight is 297 g/mol. The molecule has 3 rings (SSSR count). The van der Waals surface area contributed by atoms with E-state index in [4.69, 9.17) is 4.42 Å². The molecule has 1 fully saturated rings. The number of carbonyl (C=O) groups is 2. The van der Waals surface area contributed by atoms with Crippen molar-refractivity contribution < 1.29 is 14.0 Å². The van der Waals surface area contributed by atoms with Crippen molar-refractivity contribution in [2.45, 2.75) is 19.8 Å². The minimum Gasteiger partial charge on any atom is -0.459 e. The van der Waals surface area contributed by atoms with Crippen LogP contribution in [0.25, 0.3) is 0 Å². The van der Waals surface area contributed by atoms with Crippen LogP contribution in [-0.4, -0.2) is 29.7 Å². The van der Waals surface area contributed by atoms with Crippen LogP contribution < -0.4 is 0 Å². The SMILES string of the molecule is Cc1ccc(C(=O)C2CCN(C(=O)c3ccco3)CC2)cc1. The number of benzene rings is 1. The molecule has 0 atom stereocenters. The predicted molar refractivity (Wildman–Crippen MR) is 82.8 cm³/mol. The van der Waals surface area contributed by atoms with Gasteiger partial charge in [0.1, 0.15) is 0 Å². The third-order valence-corrected chi connectivity index (χ3v) is 4.22. The summed E-state index contributed by atoms with van der Waals surface area (Å²) in [5, 5.41) is 0. The number of carbonyl (C=O) groups excluding carboxylic acids is 2. The predicted octanol–water partition coefficient (Wildman–Crippen LogP) is 3.32. The summed E-state index contributed by atoms with van der Waals surface area (Å²) in [4.78, 5) is 26.4. The van der Waals surface area contributed by atoms with Crippen molar-refractivity contribution in [3.8, 4) is 0 Å². The molecule has 0 aliphatic carbocycles. The second-order valence-electron chi connectivity index (χ2n) is 5.77. The molecule has 1 aromatic heterocycles. The molecule has 4 nitrogen and oxygen atoms in total. The molecular formula is C18H19NO3. The van der Waals surface area contributed by atoms with Gasteiger partial charge in [0, 0.05) is 24.6 Å². The highest BCUT2D eigenvalue weighted by molar-refractivity contribution is 5.98. The Hall–Kier alpha value is -2.36. The molecule has 1 aliphatic heterocycles. The topological polar surface area (TPSA) is 50.5 Å². The minimum atomic E-state index is -0.0914. The van der Waals surface area contributed by atoms with E-state index in [1.54, 1.807) is 17.0 Å². The molecule has 0 unspecified atom stereocenters. The van der Waals surface area contributed by atoms with Crippen LogP contribution in [0.2, 0.25) is 0 Å². The maximum Gasteiger partial charge on any atom is 0.289 e. The summed E-state index contributed by atoms with van der Waals surface area (Å²) in [5.41, 5.74) is 1.91. The number of piperidine rings is 1. The summed E-state index contributed by atoms with van der Waals surface area (Å²) in [6, 6.07) is 11.1. The molecular weight excluding hydrogens is 278 g/mol. The van der Waals surface area contributed by atoms with E-state index in [2.05, 4.69) is 0 Å². The quantitative estimate of drug-likeness (QED) is 0.817. The Bertz CT molecular complexity index is 650. The normalized spacial score (nSPS) is 15.8. The van der Waals surface area contributed by atoms with E-state index >= 15 is 0 Å². The second kappa shape index (κ2) is 6.18. The lowest BCUT2D eigenvalue weighted by Crippen LogP contribution is -2.40. The van der Waals surface area contributed by atoms with Crippen molar-refractivity contribution in [1.82, 2.24) is 4.90 Å². The highest BCUT2D eigenvalue weighted by atomic mass is 16.3. The summed E-state index contributed by atoms with van der Waals surface area (Å²) >= 11 is 0. The summed E-state index contributed by atoms with van der Waals surface area (Å²) in [6.45, 7) is 3.20. The van der Waals surface area contributed by atoms with E-state index in [1.165, 1.54) is 6.26 Å². The fourth-order valence-electron chi connectivity index (χ4n) is 2.85. The number of rotatable bonds is 3. The van der Waals surface area contributed by atoms with Gasteiger partial charge in [-0.25, -0.2) is 0 Å². The fraction of sp³-hybridized carbons (Fsp3) is 0.333. The molecule has 0 N–H and O–H groups in total. The van der Waals surface area contributed by atoms with Gasteiger partial charge in [-0.05, 0) is 31.9 Å². The van der Waals surface area contributed by atoms with Crippen molar-refractivity contribution in [2.24, 2.45) is 5.92 Å². The Morgan fingerprint density at radius 3 is 2.36 bits per heavy atom. The first-order chi connectivity index (χ1) is 10.6. The highest BCUT2D eigenvalue weighted by Crippen LogP contribution is 2.23. The molecule has 0 saturated carbocycles. The zero-order valence-electron chi connectivity index (χ0n) is 12.6. The summed E-state index contributed by atoms with van der Waals surface area (Å²) < 4.78 is 5.15. The Morgan fingerprint density at radius 2 is 1.77 bits per heavy atom. The molecule has 22 heavy (non-hydrogen) atoms. The molecule has 1 aliphatic rings. The van der Waals surface area contributed by atoms with E-state index in [0.717, 1.165) is 11.1 Å². The first-order valence-corrected chi connectivity index (χ1v) is 7.59. The van der Waals surface area contributed by atoms with E-state index in [-0.39, 0.29) is 17.6 Å². The standard InChI is InChI=1S/C18H19NO3/c1-13-4-6-14(7-5-13)17(20)15-8-10-19(11-9-15)18(21)16-3-2-12-22-16/h2-7,12,15H,8-11H2,1H3. The molecule has 2 aromatic rings. The Labute approximate surface area is 129 Å². The number of aryl methyl sites for hydroxylation is 1. The number of furan rings is 1. The summed E-state index contributed by atoms with van der Waals surface area (Å²) in [6.07, 6.45) is 2.92. The van der Waals surface area contributed by atoms with Crippen LogP contribution in [0, 0.1) is 12.8 Å². The van der Waals surface area contributed by atoms with Crippen LogP contribution in [0.4, 0.5) is 0 Å². The van der Waals surface area contributed by atoms with Gasteiger partial charge in [0.05, 0.1) is 6.26 Å². The van der Waals surface area contributed by atoms with Crippen LogP contribution in [-0.2, 0) is 0 Å². The van der Waals surface area contributed by atoms with Gasteiger partial charge in [-0.2, -0.15) is 0 Å². The van der Waals surface area contributed by atoms with Gasteiger partial charge in [-0.3, -0.25) is 9.59 Å². The van der Waals surface area contributed by atoms with Gasteiger partial charge < -0.3 is 9.32 Å². The van der Waals surface area contributed by atoms with E-state index < -0.39 is 0 Å². The fourth-order valence-corrected chi connectivity index (χ4v) is 2.85. The first kappa shape index (κ1) is 14.6. The molecule has 0 spiro atoms. The minimum absolute atomic E-state index is 0.00311. The second-order valence-corrected chi connectivity index (χ2v) is 5.77. The number of nitrogens with zero attached hydrogens (tertiary/aromatic N) is 1. The monoisotopic (exact) mass is 297 g/mol. The third kappa shape index (κ3) is 2.96. The smallest absolute Gasteiger partial charge is 0.289 e. The van der Waals surface area contributed by atoms with Crippen molar-refractivity contribution in [3.63, 3.8) is 0 Å². The number of ketones is 1. The van der Waals surface area contributed by atoms with Crippen molar-refractivity contribution in [1.29, 1.82) is 0 Å². The molecule has 4 heteroatoms. The first-order valence-electron chi connectivity index (χ1n) is 7.59. The number of hydrogen-bond donors (Lipinski definition) is 0. The van der Waals surface area contributed by atoms with Gasteiger partial charge in [0.15, 0.2) is 11.5 Å². The van der Waals surface area contributed by atoms with Crippen molar-refractivity contribution >= 4 is 11.7 Å². The molecule has 1 saturated heterocycles. The van der Waals surface area contributed by atoms with Crippen LogP contribution in [0.5, 0.6) is 0 Å². The molecule has 0 bridgehead atoms. The molecule has 1 amide bonds. The Balaban J connectivity index is 1.60. The number of amides is 1. The Morgan fingerprint density at radius 1 is 1.09 bits per heavy atom. The van der Waals surface area contributed by atoms with E-state index in [0.29, 0.717) is 31.7 Å². The van der Waals surface area contributed by atoms with E-state index in [9.17, 15) is 9.59 Å². The van der Waals surface area contributed by atoms with Crippen molar-refractivity contribution in [2.75, 3.05) is 13.1 Å². The lowest BCUT2D eigenvalue weighted by Gasteiger charge is -2.30. The average Bonchev–Trinajstić information content (AvgIpc) is 3.09. The van der Waals surface area contributed by atoms with Crippen LogP contribution >= 0.6 is 0 Å². The molecule has 114 valence electrons. The van der Waals surface area contributed by atoms with Crippen LogP contribution in [0.15, 0.2) is 47.1 Å². The lowest BCUT2D eigenvalue weighted by molar-refractivity contribution is 0.0624. The largest absolute Gasteiger partial charge is 0.459 e. The highest BCUT2D eigenvalue weighted by Gasteiger charge is 2.29. The zero-order valence-corrected chi connectivity index (χ0v) is 12.6. The van der Waals surface area contributed by atoms with Gasteiger partial charge >= 0.3 is 0 Å². The van der Waals surface area contributed by atoms with E-state index in [1.807, 2.05) is 31.2 Å². The number of hydrogen-bond acceptors (Lipinski definition) is 3. The van der Waals surface area contributed by atoms with Crippen LogP contribution in [0.1, 0.15) is 39.3 Å². The lowest BCUT2D eigenvalue weighted by atomic mass is 9.88. The Kier molecular flexibility index (Phi) is 4.09. The van der Waals surface area contributed by atoms with Gasteiger partial charge in [-0.1, -0.05) is 29.8 Å². The van der Waals surface area contributed by atoms with Crippen LogP contribution in [0.3, 0.4) is 0 Å². The van der Waals surface area contributed by atoms with Gasteiger partial charge in [0.25, 0.3) is 5.91 Å². The number of likely N-dealkylation sites (tertiary alicyclic amines) is 1. The molecule has 0 radical (unpaired) electrons. The summed E-state index contributed by atoms with van der Waals surface area (Å²) in [7, 11) is 0. The van der Waals surface area contributed by atoms with Gasteiger partial charge in [0.2, 0.25) is 0 Å². The summed E-state index contributed by atoms with van der Waals surface area (Å²) in [5.74, 6) is 0.461. The van der Waals surface area contributed by atoms with Gasteiger partial charge in [-0.15, -0.1) is 0 Å².